The molecule has 130 valence electrons. The van der Waals surface area contributed by atoms with Crippen molar-refractivity contribution < 1.29 is 13.2 Å². The van der Waals surface area contributed by atoms with Gasteiger partial charge in [-0.3, -0.25) is 0 Å². The molecule has 9 heteroatoms. The summed E-state index contributed by atoms with van der Waals surface area (Å²) in [6.07, 6.45) is 1.92. The molecule has 1 aliphatic carbocycles. The molecule has 2 aromatic heterocycles. The summed E-state index contributed by atoms with van der Waals surface area (Å²) in [5.74, 6) is -0.376. The molecule has 1 fully saturated rings. The number of aromatic nitrogens is 4. The van der Waals surface area contributed by atoms with Crippen LogP contribution in [0.1, 0.15) is 30.7 Å². The second-order valence-electron chi connectivity index (χ2n) is 5.91. The summed E-state index contributed by atoms with van der Waals surface area (Å²) >= 11 is 0. The second kappa shape index (κ2) is 6.15. The van der Waals surface area contributed by atoms with Crippen molar-refractivity contribution in [1.29, 1.82) is 0 Å². The van der Waals surface area contributed by atoms with Crippen LogP contribution in [0.25, 0.3) is 16.3 Å². The molecule has 4 rings (SSSR count). The van der Waals surface area contributed by atoms with Crippen LogP contribution in [0.15, 0.2) is 41.1 Å². The summed E-state index contributed by atoms with van der Waals surface area (Å²) in [7, 11) is 0. The highest BCUT2D eigenvalue weighted by molar-refractivity contribution is 5.53. The van der Waals surface area contributed by atoms with Gasteiger partial charge in [0.2, 0.25) is 5.95 Å². The fraction of sp³-hybridized carbons (Fsp3) is 0.235. The van der Waals surface area contributed by atoms with Crippen LogP contribution in [-0.4, -0.2) is 20.2 Å². The Morgan fingerprint density at radius 2 is 1.81 bits per heavy atom. The lowest BCUT2D eigenvalue weighted by Crippen LogP contribution is -2.20. The third-order valence-corrected chi connectivity index (χ3v) is 4.18. The molecule has 0 atom stereocenters. The fourth-order valence-corrected chi connectivity index (χ4v) is 2.62. The quantitative estimate of drug-likeness (QED) is 0.694. The number of halogens is 2. The molecule has 0 unspecified atom stereocenters. The van der Waals surface area contributed by atoms with Gasteiger partial charge in [0.25, 0.3) is 11.8 Å². The first-order valence-electron chi connectivity index (χ1n) is 7.80. The summed E-state index contributed by atoms with van der Waals surface area (Å²) in [4.78, 5) is 11.8. The third-order valence-electron chi connectivity index (χ3n) is 4.18. The Morgan fingerprint density at radius 3 is 2.35 bits per heavy atom. The molecule has 0 amide bonds. The van der Waals surface area contributed by atoms with Gasteiger partial charge >= 0.3 is 6.43 Å². The SMILES string of the molecule is [C-]#[N+]c1ccc(C2(Nc3ncc(-c4nnc(C(F)F)o4)cn3)CC2)cc1. The molecule has 0 radical (unpaired) electrons. The molecular weight excluding hydrogens is 342 g/mol. The minimum Gasteiger partial charge on any atom is -0.415 e. The molecule has 0 saturated heterocycles. The first kappa shape index (κ1) is 16.1. The Bertz CT molecular complexity index is 958. The van der Waals surface area contributed by atoms with Crippen LogP contribution in [0, 0.1) is 6.57 Å². The zero-order valence-electron chi connectivity index (χ0n) is 13.4. The maximum atomic E-state index is 12.5. The van der Waals surface area contributed by atoms with E-state index >= 15 is 0 Å². The molecule has 0 bridgehead atoms. The Balaban J connectivity index is 1.51. The van der Waals surface area contributed by atoms with Crippen LogP contribution in [0.4, 0.5) is 20.4 Å². The van der Waals surface area contributed by atoms with E-state index in [1.54, 1.807) is 12.1 Å². The van der Waals surface area contributed by atoms with E-state index in [4.69, 9.17) is 11.0 Å². The summed E-state index contributed by atoms with van der Waals surface area (Å²) in [5, 5.41) is 10.1. The molecule has 2 heterocycles. The van der Waals surface area contributed by atoms with Gasteiger partial charge in [0.15, 0.2) is 5.69 Å². The van der Waals surface area contributed by atoms with Gasteiger partial charge in [-0.2, -0.15) is 8.78 Å². The van der Waals surface area contributed by atoms with Crippen molar-refractivity contribution in [2.75, 3.05) is 5.32 Å². The molecule has 3 aromatic rings. The molecule has 1 aromatic carbocycles. The Labute approximate surface area is 146 Å². The van der Waals surface area contributed by atoms with Gasteiger partial charge in [0, 0.05) is 12.4 Å². The number of alkyl halides is 2. The minimum atomic E-state index is -2.82. The predicted octanol–water partition coefficient (Wildman–Crippen LogP) is 4.12. The van der Waals surface area contributed by atoms with Crippen LogP contribution in [-0.2, 0) is 5.54 Å². The molecule has 1 N–H and O–H groups in total. The highest BCUT2D eigenvalue weighted by Gasteiger charge is 2.44. The maximum absolute atomic E-state index is 12.5. The second-order valence-corrected chi connectivity index (χ2v) is 5.91. The lowest BCUT2D eigenvalue weighted by Gasteiger charge is -2.18. The maximum Gasteiger partial charge on any atom is 0.314 e. The summed E-state index contributed by atoms with van der Waals surface area (Å²) in [5.41, 5.74) is 1.78. The first-order chi connectivity index (χ1) is 12.6. The van der Waals surface area contributed by atoms with Crippen molar-refractivity contribution in [3.63, 3.8) is 0 Å². The van der Waals surface area contributed by atoms with Gasteiger partial charge in [-0.15, -0.1) is 10.2 Å². The topological polar surface area (TPSA) is 81.1 Å². The van der Waals surface area contributed by atoms with E-state index < -0.39 is 12.3 Å². The smallest absolute Gasteiger partial charge is 0.314 e. The Morgan fingerprint density at radius 1 is 1.12 bits per heavy atom. The number of benzene rings is 1. The average Bonchev–Trinajstić information content (AvgIpc) is 3.27. The molecular formula is C17H12F2N6O. The lowest BCUT2D eigenvalue weighted by atomic mass is 10.0. The van der Waals surface area contributed by atoms with E-state index in [0.717, 1.165) is 18.4 Å². The Kier molecular flexibility index (Phi) is 3.80. The van der Waals surface area contributed by atoms with Crippen molar-refractivity contribution in [2.24, 2.45) is 0 Å². The van der Waals surface area contributed by atoms with Crippen LogP contribution in [0.2, 0.25) is 0 Å². The largest absolute Gasteiger partial charge is 0.415 e. The van der Waals surface area contributed by atoms with Gasteiger partial charge in [0.05, 0.1) is 17.7 Å². The minimum absolute atomic E-state index is 0.0530. The summed E-state index contributed by atoms with van der Waals surface area (Å²) < 4.78 is 29.9. The normalized spacial score (nSPS) is 14.8. The van der Waals surface area contributed by atoms with Crippen molar-refractivity contribution in [1.82, 2.24) is 20.2 Å². The average molecular weight is 354 g/mol. The van der Waals surface area contributed by atoms with Gasteiger partial charge < -0.3 is 9.73 Å². The van der Waals surface area contributed by atoms with Gasteiger partial charge in [0.1, 0.15) is 0 Å². The van der Waals surface area contributed by atoms with E-state index in [-0.39, 0.29) is 11.4 Å². The third kappa shape index (κ3) is 2.97. The Hall–Kier alpha value is -3.41. The molecule has 1 saturated carbocycles. The van der Waals surface area contributed by atoms with Crippen LogP contribution < -0.4 is 5.32 Å². The van der Waals surface area contributed by atoms with E-state index in [1.807, 2.05) is 12.1 Å². The van der Waals surface area contributed by atoms with E-state index in [0.29, 0.717) is 17.2 Å². The van der Waals surface area contributed by atoms with E-state index in [1.165, 1.54) is 12.4 Å². The standard InChI is InChI=1S/C17H12F2N6O/c1-20-12-4-2-11(3-5-12)17(6-7-17)23-16-21-8-10(9-22-16)14-24-25-15(26-14)13(18)19/h2-5,8-9,13H,6-7H2,(H,21,22,23). The number of rotatable bonds is 5. The van der Waals surface area contributed by atoms with Crippen molar-refractivity contribution in [3.8, 4) is 11.5 Å². The lowest BCUT2D eigenvalue weighted by molar-refractivity contribution is 0.116. The molecule has 1 aliphatic rings. The highest BCUT2D eigenvalue weighted by atomic mass is 19.3. The van der Waals surface area contributed by atoms with Crippen LogP contribution >= 0.6 is 0 Å². The number of nitrogens with zero attached hydrogens (tertiary/aromatic N) is 5. The highest BCUT2D eigenvalue weighted by Crippen LogP contribution is 2.48. The van der Waals surface area contributed by atoms with Gasteiger partial charge in [-0.05, 0) is 18.4 Å². The van der Waals surface area contributed by atoms with E-state index in [2.05, 4.69) is 30.3 Å². The zero-order chi connectivity index (χ0) is 18.1. The fourth-order valence-electron chi connectivity index (χ4n) is 2.62. The molecule has 7 nitrogen and oxygen atoms in total. The zero-order valence-corrected chi connectivity index (χ0v) is 13.4. The van der Waals surface area contributed by atoms with E-state index in [9.17, 15) is 8.78 Å². The summed E-state index contributed by atoms with van der Waals surface area (Å²) in [6.45, 7) is 7.01. The van der Waals surface area contributed by atoms with Crippen molar-refractivity contribution in [2.45, 2.75) is 24.8 Å². The predicted molar refractivity (Wildman–Crippen MR) is 87.5 cm³/mol. The van der Waals surface area contributed by atoms with Gasteiger partial charge in [-0.25, -0.2) is 14.8 Å². The first-order valence-corrected chi connectivity index (χ1v) is 7.80. The van der Waals surface area contributed by atoms with Crippen LogP contribution in [0.5, 0.6) is 0 Å². The number of anilines is 1. The molecule has 0 aliphatic heterocycles. The van der Waals surface area contributed by atoms with Crippen molar-refractivity contribution >= 4 is 11.6 Å². The molecule has 0 spiro atoms. The van der Waals surface area contributed by atoms with Crippen molar-refractivity contribution in [3.05, 3.63) is 59.5 Å². The summed E-state index contributed by atoms with van der Waals surface area (Å²) in [6, 6.07) is 7.41. The monoisotopic (exact) mass is 354 g/mol. The van der Waals surface area contributed by atoms with Crippen LogP contribution in [0.3, 0.4) is 0 Å². The number of hydrogen-bond donors (Lipinski definition) is 1. The van der Waals surface area contributed by atoms with Gasteiger partial charge in [-0.1, -0.05) is 24.3 Å². The number of hydrogen-bond acceptors (Lipinski definition) is 6. The number of nitrogens with one attached hydrogen (secondary N) is 1. The molecule has 26 heavy (non-hydrogen) atoms.